The number of carbonyl (C=O) groups is 1. The van der Waals surface area contributed by atoms with Gasteiger partial charge in [0.15, 0.2) is 0 Å². The average Bonchev–Trinajstić information content (AvgIpc) is 3.07. The van der Waals surface area contributed by atoms with E-state index in [0.29, 0.717) is 24.6 Å². The summed E-state index contributed by atoms with van der Waals surface area (Å²) in [4.78, 5) is 12.2. The Morgan fingerprint density at radius 1 is 1.03 bits per heavy atom. The molecule has 150 valence electrons. The fourth-order valence-electron chi connectivity index (χ4n) is 3.80. The lowest BCUT2D eigenvalue weighted by atomic mass is 9.98. The van der Waals surface area contributed by atoms with E-state index in [0.717, 1.165) is 11.1 Å². The highest BCUT2D eigenvalue weighted by Gasteiger charge is 2.28. The molecule has 1 N–H and O–H groups in total. The first-order valence-corrected chi connectivity index (χ1v) is 10.3. The van der Waals surface area contributed by atoms with Crippen molar-refractivity contribution in [2.75, 3.05) is 13.2 Å². The first-order chi connectivity index (χ1) is 14.6. The predicted octanol–water partition coefficient (Wildman–Crippen LogP) is 5.93. The maximum absolute atomic E-state index is 12.2. The molecule has 0 heterocycles. The molecule has 4 rings (SSSR count). The van der Waals surface area contributed by atoms with Gasteiger partial charge < -0.3 is 10.1 Å². The van der Waals surface area contributed by atoms with Crippen molar-refractivity contribution in [2.45, 2.75) is 19.3 Å². The van der Waals surface area contributed by atoms with E-state index in [9.17, 15) is 4.79 Å². The summed E-state index contributed by atoms with van der Waals surface area (Å²) in [6.07, 6.45) is 0.132. The topological polar surface area (TPSA) is 38.3 Å². The van der Waals surface area contributed by atoms with Crippen molar-refractivity contribution in [2.24, 2.45) is 0 Å². The lowest BCUT2D eigenvalue weighted by Gasteiger charge is -2.14. The maximum atomic E-state index is 12.2. The van der Waals surface area contributed by atoms with E-state index >= 15 is 0 Å². The highest BCUT2D eigenvalue weighted by atomic mass is 35.5. The number of aryl methyl sites for hydroxylation is 1. The second-order valence-corrected chi connectivity index (χ2v) is 7.70. The van der Waals surface area contributed by atoms with E-state index in [1.807, 2.05) is 49.4 Å². The minimum atomic E-state index is -0.415. The van der Waals surface area contributed by atoms with Gasteiger partial charge in [-0.2, -0.15) is 0 Å². The highest BCUT2D eigenvalue weighted by Crippen LogP contribution is 2.44. The summed E-state index contributed by atoms with van der Waals surface area (Å²) >= 11 is 5.96. The number of fused-ring (bicyclic) bond motifs is 3. The van der Waals surface area contributed by atoms with Crippen molar-refractivity contribution in [1.29, 1.82) is 0 Å². The Labute approximate surface area is 182 Å². The van der Waals surface area contributed by atoms with E-state index < -0.39 is 6.09 Å². The molecule has 0 spiro atoms. The number of nitrogens with one attached hydrogen (secondary N) is 1. The summed E-state index contributed by atoms with van der Waals surface area (Å²) in [5, 5.41) is 3.48. The minimum absolute atomic E-state index is 0.0656. The van der Waals surface area contributed by atoms with Crippen LogP contribution >= 0.6 is 11.6 Å². The van der Waals surface area contributed by atoms with Crippen LogP contribution in [0, 0.1) is 18.8 Å². The fraction of sp³-hybridized carbons (Fsp3) is 0.192. The normalized spacial score (nSPS) is 11.8. The summed E-state index contributed by atoms with van der Waals surface area (Å²) in [6, 6.07) is 22.2. The SMILES string of the molecule is Cc1cc(Cl)ccc1C#CCCNC(=O)OCC1c2ccccc2-c2ccccc21. The Bertz CT molecular complexity index is 1100. The van der Waals surface area contributed by atoms with Crippen LogP contribution in [0.15, 0.2) is 66.7 Å². The largest absolute Gasteiger partial charge is 0.449 e. The number of ether oxygens (including phenoxy) is 1. The molecule has 0 aliphatic heterocycles. The van der Waals surface area contributed by atoms with Gasteiger partial charge in [0.05, 0.1) is 0 Å². The Kier molecular flexibility index (Phi) is 6.07. The van der Waals surface area contributed by atoms with E-state index in [2.05, 4.69) is 41.4 Å². The quantitative estimate of drug-likeness (QED) is 0.423. The molecule has 0 saturated heterocycles. The van der Waals surface area contributed by atoms with E-state index in [-0.39, 0.29) is 5.92 Å². The molecule has 0 fully saturated rings. The average molecular weight is 416 g/mol. The van der Waals surface area contributed by atoms with Gasteiger partial charge in [-0.25, -0.2) is 4.79 Å². The number of hydrogen-bond acceptors (Lipinski definition) is 2. The molecule has 1 aliphatic carbocycles. The van der Waals surface area contributed by atoms with Crippen molar-refractivity contribution in [3.05, 3.63) is 94.0 Å². The molecule has 3 aromatic rings. The lowest BCUT2D eigenvalue weighted by Crippen LogP contribution is -2.26. The van der Waals surface area contributed by atoms with Gasteiger partial charge in [0.1, 0.15) is 6.61 Å². The van der Waals surface area contributed by atoms with Gasteiger partial charge in [0.2, 0.25) is 0 Å². The van der Waals surface area contributed by atoms with Crippen LogP contribution < -0.4 is 5.32 Å². The molecule has 0 radical (unpaired) electrons. The molecule has 0 atom stereocenters. The van der Waals surface area contributed by atoms with Crippen LogP contribution in [0.3, 0.4) is 0 Å². The van der Waals surface area contributed by atoms with Crippen molar-refractivity contribution in [3.8, 4) is 23.0 Å². The third-order valence-electron chi connectivity index (χ3n) is 5.27. The van der Waals surface area contributed by atoms with Crippen LogP contribution in [0.2, 0.25) is 5.02 Å². The molecular weight excluding hydrogens is 394 g/mol. The Morgan fingerprint density at radius 3 is 2.37 bits per heavy atom. The molecular formula is C26H22ClNO2. The van der Waals surface area contributed by atoms with Crippen LogP contribution in [0.25, 0.3) is 11.1 Å². The van der Waals surface area contributed by atoms with Crippen molar-refractivity contribution < 1.29 is 9.53 Å². The highest BCUT2D eigenvalue weighted by molar-refractivity contribution is 6.30. The molecule has 0 saturated carbocycles. The van der Waals surface area contributed by atoms with Gasteiger partial charge in [0.25, 0.3) is 0 Å². The van der Waals surface area contributed by atoms with Crippen LogP contribution in [-0.4, -0.2) is 19.2 Å². The second kappa shape index (κ2) is 9.07. The number of benzene rings is 3. The molecule has 0 unspecified atom stereocenters. The van der Waals surface area contributed by atoms with Crippen LogP contribution in [-0.2, 0) is 4.74 Å². The summed E-state index contributed by atoms with van der Waals surface area (Å²) in [5.41, 5.74) is 6.83. The first kappa shape index (κ1) is 20.1. The van der Waals surface area contributed by atoms with Gasteiger partial charge in [-0.15, -0.1) is 0 Å². The molecule has 30 heavy (non-hydrogen) atoms. The van der Waals surface area contributed by atoms with Gasteiger partial charge in [-0.1, -0.05) is 72.0 Å². The zero-order valence-electron chi connectivity index (χ0n) is 16.7. The zero-order valence-corrected chi connectivity index (χ0v) is 17.5. The number of halogens is 1. The van der Waals surface area contributed by atoms with Crippen molar-refractivity contribution >= 4 is 17.7 Å². The molecule has 1 aliphatic rings. The smallest absolute Gasteiger partial charge is 0.407 e. The molecule has 4 heteroatoms. The molecule has 1 amide bonds. The number of hydrogen-bond donors (Lipinski definition) is 1. The Morgan fingerprint density at radius 2 is 1.70 bits per heavy atom. The predicted molar refractivity (Wildman–Crippen MR) is 121 cm³/mol. The number of amides is 1. The third kappa shape index (κ3) is 4.35. The Balaban J connectivity index is 1.29. The lowest BCUT2D eigenvalue weighted by molar-refractivity contribution is 0.143. The van der Waals surface area contributed by atoms with Crippen LogP contribution in [0.5, 0.6) is 0 Å². The van der Waals surface area contributed by atoms with Gasteiger partial charge in [-0.3, -0.25) is 0 Å². The molecule has 3 aromatic carbocycles. The van der Waals surface area contributed by atoms with Crippen molar-refractivity contribution in [1.82, 2.24) is 5.32 Å². The summed E-state index contributed by atoms with van der Waals surface area (Å²) in [6.45, 7) is 2.73. The van der Waals surface area contributed by atoms with Crippen molar-refractivity contribution in [3.63, 3.8) is 0 Å². The van der Waals surface area contributed by atoms with Gasteiger partial charge in [0, 0.05) is 29.5 Å². The second-order valence-electron chi connectivity index (χ2n) is 7.26. The van der Waals surface area contributed by atoms with Crippen LogP contribution in [0.1, 0.15) is 34.6 Å². The monoisotopic (exact) mass is 415 g/mol. The summed E-state index contributed by atoms with van der Waals surface area (Å²) in [5.74, 6) is 6.25. The molecule has 0 aromatic heterocycles. The molecule has 0 bridgehead atoms. The summed E-state index contributed by atoms with van der Waals surface area (Å²) in [7, 11) is 0. The van der Waals surface area contributed by atoms with Crippen LogP contribution in [0.4, 0.5) is 4.79 Å². The maximum Gasteiger partial charge on any atom is 0.407 e. The van der Waals surface area contributed by atoms with Gasteiger partial charge in [-0.05, 0) is 52.9 Å². The number of alkyl carbamates (subject to hydrolysis) is 1. The minimum Gasteiger partial charge on any atom is -0.449 e. The zero-order chi connectivity index (χ0) is 20.9. The standard InChI is InChI=1S/C26H22ClNO2/c1-18-16-20(27)14-13-19(18)8-6-7-15-28-26(29)30-17-25-23-11-4-2-9-21(23)22-10-3-5-12-24(22)25/h2-5,9-14,16,25H,7,15,17H2,1H3,(H,28,29). The van der Waals surface area contributed by atoms with E-state index in [1.54, 1.807) is 0 Å². The Hall–Kier alpha value is -3.22. The third-order valence-corrected chi connectivity index (χ3v) is 5.51. The van der Waals surface area contributed by atoms with E-state index in [1.165, 1.54) is 22.3 Å². The number of rotatable bonds is 4. The van der Waals surface area contributed by atoms with Gasteiger partial charge >= 0.3 is 6.09 Å². The first-order valence-electron chi connectivity index (χ1n) is 9.97. The fourth-order valence-corrected chi connectivity index (χ4v) is 4.03. The molecule has 3 nitrogen and oxygen atoms in total. The summed E-state index contributed by atoms with van der Waals surface area (Å²) < 4.78 is 5.52. The van der Waals surface area contributed by atoms with E-state index in [4.69, 9.17) is 16.3 Å². The number of carbonyl (C=O) groups excluding carboxylic acids is 1.